The molecule has 0 spiro atoms. The molecule has 0 aromatic heterocycles. The molecule has 22 heavy (non-hydrogen) atoms. The predicted octanol–water partition coefficient (Wildman–Crippen LogP) is 2.75. The van der Waals surface area contributed by atoms with Crippen molar-refractivity contribution in [1.82, 2.24) is 10.2 Å². The van der Waals surface area contributed by atoms with Crippen LogP contribution in [0.5, 0.6) is 5.75 Å². The maximum absolute atomic E-state index is 12.5. The highest BCUT2D eigenvalue weighted by Crippen LogP contribution is 2.25. The molecule has 1 amide bonds. The van der Waals surface area contributed by atoms with Gasteiger partial charge in [-0.2, -0.15) is 8.78 Å². The van der Waals surface area contributed by atoms with Crippen LogP contribution in [-0.2, 0) is 0 Å². The first-order chi connectivity index (χ1) is 10.6. The van der Waals surface area contributed by atoms with Gasteiger partial charge in [0.1, 0.15) is 5.75 Å². The van der Waals surface area contributed by atoms with E-state index < -0.39 is 6.61 Å². The summed E-state index contributed by atoms with van der Waals surface area (Å²) in [6.45, 7) is -0.628. The highest BCUT2D eigenvalue weighted by Gasteiger charge is 2.25. The molecular weight excluding hydrogens is 290 g/mol. The van der Waals surface area contributed by atoms with E-state index in [2.05, 4.69) is 10.1 Å². The van der Waals surface area contributed by atoms with Gasteiger partial charge < -0.3 is 15.0 Å². The number of likely N-dealkylation sites (tertiary alicyclic amines) is 1. The second-order valence-electron chi connectivity index (χ2n) is 5.50. The van der Waals surface area contributed by atoms with Crippen LogP contribution in [0.3, 0.4) is 0 Å². The number of nitrogens with one attached hydrogen (secondary N) is 1. The molecule has 0 bridgehead atoms. The molecule has 0 atom stereocenters. The number of rotatable bonds is 6. The molecule has 122 valence electrons. The molecule has 6 heteroatoms. The number of amides is 1. The second kappa shape index (κ2) is 8.08. The van der Waals surface area contributed by atoms with Gasteiger partial charge in [0, 0.05) is 13.1 Å². The summed E-state index contributed by atoms with van der Waals surface area (Å²) < 4.78 is 29.3. The third-order valence-corrected chi connectivity index (χ3v) is 4.04. The second-order valence-corrected chi connectivity index (χ2v) is 5.50. The van der Waals surface area contributed by atoms with Gasteiger partial charge in [-0.05, 0) is 50.9 Å². The molecular formula is C16H22F2N2O2. The van der Waals surface area contributed by atoms with Gasteiger partial charge in [-0.1, -0.05) is 12.1 Å². The number of halogens is 2. The van der Waals surface area contributed by atoms with Gasteiger partial charge in [0.2, 0.25) is 0 Å². The molecule has 1 N–H and O–H groups in total. The zero-order valence-electron chi connectivity index (χ0n) is 12.7. The summed E-state index contributed by atoms with van der Waals surface area (Å²) in [6.07, 6.45) is 3.00. The van der Waals surface area contributed by atoms with Gasteiger partial charge in [0.15, 0.2) is 0 Å². The van der Waals surface area contributed by atoms with Crippen molar-refractivity contribution in [2.24, 2.45) is 5.92 Å². The number of hydrogen-bond acceptors (Lipinski definition) is 3. The fourth-order valence-electron chi connectivity index (χ4n) is 2.79. The topological polar surface area (TPSA) is 41.6 Å². The number of alkyl halides is 2. The summed E-state index contributed by atoms with van der Waals surface area (Å²) in [5.74, 6) is 0.326. The van der Waals surface area contributed by atoms with Crippen LogP contribution in [0, 0.1) is 5.92 Å². The van der Waals surface area contributed by atoms with Crippen LogP contribution in [0.25, 0.3) is 0 Å². The Hall–Kier alpha value is -1.69. The van der Waals surface area contributed by atoms with E-state index in [-0.39, 0.29) is 17.2 Å². The molecule has 0 unspecified atom stereocenters. The average molecular weight is 312 g/mol. The third kappa shape index (κ3) is 4.40. The van der Waals surface area contributed by atoms with Crippen LogP contribution in [0.2, 0.25) is 0 Å². The zero-order valence-corrected chi connectivity index (χ0v) is 12.7. The van der Waals surface area contributed by atoms with E-state index in [0.29, 0.717) is 19.0 Å². The van der Waals surface area contributed by atoms with E-state index in [0.717, 1.165) is 25.8 Å². The summed E-state index contributed by atoms with van der Waals surface area (Å²) in [4.78, 5) is 14.2. The minimum absolute atomic E-state index is 0.0557. The molecule has 4 nitrogen and oxygen atoms in total. The van der Waals surface area contributed by atoms with E-state index in [9.17, 15) is 13.6 Å². The first kappa shape index (κ1) is 16.7. The van der Waals surface area contributed by atoms with Gasteiger partial charge in [0.25, 0.3) is 5.91 Å². The van der Waals surface area contributed by atoms with Crippen LogP contribution in [0.15, 0.2) is 24.3 Å². The molecule has 0 saturated carbocycles. The van der Waals surface area contributed by atoms with Crippen molar-refractivity contribution >= 4 is 5.91 Å². The normalized spacial score (nSPS) is 16.1. The van der Waals surface area contributed by atoms with E-state index in [1.807, 2.05) is 7.05 Å². The summed E-state index contributed by atoms with van der Waals surface area (Å²) in [7, 11) is 1.93. The number of carbonyl (C=O) groups excluding carboxylic acids is 1. The van der Waals surface area contributed by atoms with Gasteiger partial charge in [-0.15, -0.1) is 0 Å². The first-order valence-electron chi connectivity index (χ1n) is 7.59. The maximum atomic E-state index is 12.5. The highest BCUT2D eigenvalue weighted by molar-refractivity contribution is 5.97. The number of piperidine rings is 1. The number of hydrogen-bond donors (Lipinski definition) is 1. The molecule has 1 aliphatic heterocycles. The zero-order chi connectivity index (χ0) is 15.9. The van der Waals surface area contributed by atoms with Crippen molar-refractivity contribution in [3.8, 4) is 5.75 Å². The summed E-state index contributed by atoms with van der Waals surface area (Å²) in [6, 6.07) is 6.18. The molecule has 0 radical (unpaired) electrons. The maximum Gasteiger partial charge on any atom is 0.387 e. The molecule has 0 aliphatic carbocycles. The fraction of sp³-hybridized carbons (Fsp3) is 0.562. The van der Waals surface area contributed by atoms with Gasteiger partial charge in [-0.3, -0.25) is 4.79 Å². The Kier molecular flexibility index (Phi) is 6.12. The molecule has 1 heterocycles. The SMILES string of the molecule is CNCCC1CCN(C(=O)c2ccccc2OC(F)F)CC1. The third-order valence-electron chi connectivity index (χ3n) is 4.04. The number of ether oxygens (including phenoxy) is 1. The van der Waals surface area contributed by atoms with Crippen LogP contribution < -0.4 is 10.1 Å². The lowest BCUT2D eigenvalue weighted by molar-refractivity contribution is -0.0503. The largest absolute Gasteiger partial charge is 0.434 e. The van der Waals surface area contributed by atoms with Gasteiger partial charge in [-0.25, -0.2) is 0 Å². The Bertz CT molecular complexity index is 489. The average Bonchev–Trinajstić information content (AvgIpc) is 2.53. The van der Waals surface area contributed by atoms with Gasteiger partial charge in [0.05, 0.1) is 5.56 Å². The van der Waals surface area contributed by atoms with Crippen molar-refractivity contribution in [1.29, 1.82) is 0 Å². The lowest BCUT2D eigenvalue weighted by atomic mass is 9.93. The molecule has 2 rings (SSSR count). The van der Waals surface area contributed by atoms with Crippen LogP contribution >= 0.6 is 0 Å². The Labute approximate surface area is 129 Å². The molecule has 1 aliphatic rings. The smallest absolute Gasteiger partial charge is 0.387 e. The highest BCUT2D eigenvalue weighted by atomic mass is 19.3. The monoisotopic (exact) mass is 312 g/mol. The van der Waals surface area contributed by atoms with E-state index in [4.69, 9.17) is 0 Å². The Morgan fingerprint density at radius 3 is 2.68 bits per heavy atom. The lowest BCUT2D eigenvalue weighted by Crippen LogP contribution is -2.39. The van der Waals surface area contributed by atoms with E-state index in [1.54, 1.807) is 17.0 Å². The number of carbonyl (C=O) groups is 1. The van der Waals surface area contributed by atoms with Crippen LogP contribution in [-0.4, -0.2) is 44.1 Å². The number of para-hydroxylation sites is 1. The van der Waals surface area contributed by atoms with Crippen molar-refractivity contribution in [2.45, 2.75) is 25.9 Å². The summed E-state index contributed by atoms with van der Waals surface area (Å²) in [5.41, 5.74) is 0.205. The van der Waals surface area contributed by atoms with E-state index >= 15 is 0 Å². The quantitative estimate of drug-likeness (QED) is 0.878. The Morgan fingerprint density at radius 1 is 1.36 bits per heavy atom. The van der Waals surface area contributed by atoms with Gasteiger partial charge >= 0.3 is 6.61 Å². The molecule has 1 aromatic rings. The van der Waals surface area contributed by atoms with Crippen molar-refractivity contribution in [3.63, 3.8) is 0 Å². The fourth-order valence-corrected chi connectivity index (χ4v) is 2.79. The predicted molar refractivity (Wildman–Crippen MR) is 80.2 cm³/mol. The molecule has 1 fully saturated rings. The van der Waals surface area contributed by atoms with Crippen LogP contribution in [0.4, 0.5) is 8.78 Å². The Morgan fingerprint density at radius 2 is 2.05 bits per heavy atom. The minimum Gasteiger partial charge on any atom is -0.434 e. The lowest BCUT2D eigenvalue weighted by Gasteiger charge is -2.32. The first-order valence-corrected chi connectivity index (χ1v) is 7.59. The molecule has 1 aromatic carbocycles. The van der Waals surface area contributed by atoms with Crippen molar-refractivity contribution < 1.29 is 18.3 Å². The van der Waals surface area contributed by atoms with E-state index in [1.165, 1.54) is 12.1 Å². The summed E-state index contributed by atoms with van der Waals surface area (Å²) in [5, 5.41) is 3.13. The molecule has 1 saturated heterocycles. The Balaban J connectivity index is 1.98. The summed E-state index contributed by atoms with van der Waals surface area (Å²) >= 11 is 0. The van der Waals surface area contributed by atoms with Crippen LogP contribution in [0.1, 0.15) is 29.6 Å². The number of nitrogens with zero attached hydrogens (tertiary/aromatic N) is 1. The minimum atomic E-state index is -2.93. The van der Waals surface area contributed by atoms with Crippen molar-refractivity contribution in [3.05, 3.63) is 29.8 Å². The standard InChI is InChI=1S/C16H22F2N2O2/c1-19-9-6-12-7-10-20(11-8-12)15(21)13-4-2-3-5-14(13)22-16(17)18/h2-5,12,16,19H,6-11H2,1H3. The van der Waals surface area contributed by atoms with Crippen molar-refractivity contribution in [2.75, 3.05) is 26.7 Å². The number of benzene rings is 1.